The molecule has 108 valence electrons. The average Bonchev–Trinajstić information content (AvgIpc) is 3.11. The maximum atomic E-state index is 12.0. The molecule has 2 aromatic rings. The maximum Gasteiger partial charge on any atom is 0.238 e. The number of carbonyl (C=O) groups is 1. The maximum absolute atomic E-state index is 12.0. The molecule has 1 fully saturated rings. The van der Waals surface area contributed by atoms with E-state index in [-0.39, 0.29) is 12.3 Å². The first-order valence-corrected chi connectivity index (χ1v) is 6.93. The van der Waals surface area contributed by atoms with Crippen molar-refractivity contribution in [2.75, 3.05) is 0 Å². The number of halogens is 1. The van der Waals surface area contributed by atoms with Crippen molar-refractivity contribution in [2.45, 2.75) is 30.8 Å². The van der Waals surface area contributed by atoms with E-state index in [0.717, 1.165) is 0 Å². The van der Waals surface area contributed by atoms with Crippen LogP contribution in [-0.4, -0.2) is 22.5 Å². The van der Waals surface area contributed by atoms with E-state index in [9.17, 15) is 4.79 Å². The van der Waals surface area contributed by atoms with Gasteiger partial charge < -0.3 is 15.5 Å². The van der Waals surface area contributed by atoms with Crippen LogP contribution in [-0.2, 0) is 11.2 Å². The number of benzene rings is 1. The summed E-state index contributed by atoms with van der Waals surface area (Å²) in [5.41, 5.74) is 6.35. The molecule has 1 saturated carbocycles. The Labute approximate surface area is 125 Å². The Hall–Kier alpha value is -2.10. The lowest BCUT2D eigenvalue weighted by Crippen LogP contribution is -2.47. The van der Waals surface area contributed by atoms with Gasteiger partial charge in [0.1, 0.15) is 11.1 Å². The van der Waals surface area contributed by atoms with Gasteiger partial charge in [0.25, 0.3) is 0 Å². The van der Waals surface area contributed by atoms with Crippen molar-refractivity contribution in [3.05, 3.63) is 29.1 Å². The predicted molar refractivity (Wildman–Crippen MR) is 76.4 cm³/mol. The number of rotatable bonds is 4. The minimum absolute atomic E-state index is 0.166. The standard InChI is InChI=1S/C14H13ClN4O2/c15-8-1-2-11-10(5-8)18-12(21-11)6-9(17)13(20)19-14(7-16)3-4-14/h1-2,5,9H,3-4,6,17H2,(H,19,20)/t9-/m0/s1. The van der Waals surface area contributed by atoms with Crippen molar-refractivity contribution in [1.82, 2.24) is 10.3 Å². The van der Waals surface area contributed by atoms with Crippen LogP contribution in [0.25, 0.3) is 11.1 Å². The summed E-state index contributed by atoms with van der Waals surface area (Å²) in [4.78, 5) is 16.2. The Balaban J connectivity index is 1.69. The Kier molecular flexibility index (Phi) is 3.32. The monoisotopic (exact) mass is 304 g/mol. The first-order valence-electron chi connectivity index (χ1n) is 6.55. The van der Waals surface area contributed by atoms with E-state index in [1.54, 1.807) is 18.2 Å². The topological polar surface area (TPSA) is 105 Å². The molecular formula is C14H13ClN4O2. The van der Waals surface area contributed by atoms with Gasteiger partial charge in [-0.3, -0.25) is 4.79 Å². The van der Waals surface area contributed by atoms with Crippen molar-refractivity contribution >= 4 is 28.6 Å². The summed E-state index contributed by atoms with van der Waals surface area (Å²) in [5.74, 6) is 0.00561. The molecular weight excluding hydrogens is 292 g/mol. The molecule has 0 radical (unpaired) electrons. The van der Waals surface area contributed by atoms with Crippen molar-refractivity contribution in [2.24, 2.45) is 5.73 Å². The molecule has 0 bridgehead atoms. The van der Waals surface area contributed by atoms with Gasteiger partial charge in [-0.15, -0.1) is 0 Å². The summed E-state index contributed by atoms with van der Waals surface area (Å²) in [6.45, 7) is 0. The van der Waals surface area contributed by atoms with Crippen molar-refractivity contribution in [1.29, 1.82) is 5.26 Å². The second-order valence-electron chi connectivity index (χ2n) is 5.21. The van der Waals surface area contributed by atoms with E-state index < -0.39 is 11.6 Å². The first kappa shape index (κ1) is 13.9. The number of nitrogens with two attached hydrogens (primary N) is 1. The zero-order valence-corrected chi connectivity index (χ0v) is 11.9. The predicted octanol–water partition coefficient (Wildman–Crippen LogP) is 1.52. The second-order valence-corrected chi connectivity index (χ2v) is 5.65. The normalized spacial score (nSPS) is 17.2. The zero-order chi connectivity index (χ0) is 15.0. The number of oxazole rings is 1. The van der Waals surface area contributed by atoms with E-state index in [1.165, 1.54) is 0 Å². The quantitative estimate of drug-likeness (QED) is 0.891. The largest absolute Gasteiger partial charge is 0.441 e. The molecule has 6 nitrogen and oxygen atoms in total. The number of hydrogen-bond donors (Lipinski definition) is 2. The summed E-state index contributed by atoms with van der Waals surface area (Å²) < 4.78 is 5.52. The third kappa shape index (κ3) is 2.84. The molecule has 1 heterocycles. The number of nitrogens with zero attached hydrogens (tertiary/aromatic N) is 2. The molecule has 0 saturated heterocycles. The van der Waals surface area contributed by atoms with E-state index in [4.69, 9.17) is 27.0 Å². The molecule has 1 aliphatic carbocycles. The van der Waals surface area contributed by atoms with Gasteiger partial charge in [-0.1, -0.05) is 11.6 Å². The Morgan fingerprint density at radius 1 is 1.62 bits per heavy atom. The van der Waals surface area contributed by atoms with E-state index >= 15 is 0 Å². The molecule has 1 aromatic heterocycles. The summed E-state index contributed by atoms with van der Waals surface area (Å²) in [6, 6.07) is 6.39. The van der Waals surface area contributed by atoms with Gasteiger partial charge in [-0.25, -0.2) is 4.98 Å². The lowest BCUT2D eigenvalue weighted by atomic mass is 10.2. The van der Waals surface area contributed by atoms with E-state index in [0.29, 0.717) is 34.9 Å². The number of nitrogens with one attached hydrogen (secondary N) is 1. The minimum atomic E-state index is -0.806. The number of fused-ring (bicyclic) bond motifs is 1. The van der Waals surface area contributed by atoms with Gasteiger partial charge in [-0.2, -0.15) is 5.26 Å². The summed E-state index contributed by atoms with van der Waals surface area (Å²) in [6.07, 6.45) is 1.51. The van der Waals surface area contributed by atoms with E-state index in [1.807, 2.05) is 0 Å². The average molecular weight is 305 g/mol. The number of hydrogen-bond acceptors (Lipinski definition) is 5. The number of amides is 1. The molecule has 1 aliphatic rings. The minimum Gasteiger partial charge on any atom is -0.441 e. The molecule has 0 aliphatic heterocycles. The second kappa shape index (κ2) is 5.02. The number of nitriles is 1. The molecule has 0 spiro atoms. The number of carbonyl (C=O) groups excluding carboxylic acids is 1. The summed E-state index contributed by atoms with van der Waals surface area (Å²) in [5, 5.41) is 12.2. The number of aromatic nitrogens is 1. The molecule has 21 heavy (non-hydrogen) atoms. The van der Waals surface area contributed by atoms with Gasteiger partial charge in [0.2, 0.25) is 5.91 Å². The molecule has 7 heteroatoms. The van der Waals surface area contributed by atoms with Crippen LogP contribution in [0.5, 0.6) is 0 Å². The highest BCUT2D eigenvalue weighted by molar-refractivity contribution is 6.31. The van der Waals surface area contributed by atoms with Crippen LogP contribution < -0.4 is 11.1 Å². The molecule has 1 aromatic carbocycles. The van der Waals surface area contributed by atoms with Gasteiger partial charge in [0.05, 0.1) is 12.1 Å². The summed E-state index contributed by atoms with van der Waals surface area (Å²) in [7, 11) is 0. The van der Waals surface area contributed by atoms with Crippen molar-refractivity contribution < 1.29 is 9.21 Å². The van der Waals surface area contributed by atoms with Crippen LogP contribution in [0.4, 0.5) is 0 Å². The first-order chi connectivity index (χ1) is 10.0. The lowest BCUT2D eigenvalue weighted by Gasteiger charge is -2.13. The van der Waals surface area contributed by atoms with Gasteiger partial charge in [-0.05, 0) is 31.0 Å². The van der Waals surface area contributed by atoms with Crippen LogP contribution in [0.2, 0.25) is 5.02 Å². The van der Waals surface area contributed by atoms with Crippen LogP contribution in [0.3, 0.4) is 0 Å². The highest BCUT2D eigenvalue weighted by Gasteiger charge is 2.45. The van der Waals surface area contributed by atoms with Crippen LogP contribution in [0.15, 0.2) is 22.6 Å². The SMILES string of the molecule is N#CC1(NC(=O)[C@@H](N)Cc2nc3cc(Cl)ccc3o2)CC1. The molecule has 3 rings (SSSR count). The van der Waals surface area contributed by atoms with Gasteiger partial charge >= 0.3 is 0 Å². The van der Waals surface area contributed by atoms with E-state index in [2.05, 4.69) is 16.4 Å². The van der Waals surface area contributed by atoms with Gasteiger partial charge in [0.15, 0.2) is 11.5 Å². The fraction of sp³-hybridized carbons (Fsp3) is 0.357. The molecule has 1 amide bonds. The molecule has 0 unspecified atom stereocenters. The summed E-state index contributed by atoms with van der Waals surface area (Å²) >= 11 is 5.88. The van der Waals surface area contributed by atoms with Gasteiger partial charge in [0, 0.05) is 11.4 Å². The zero-order valence-electron chi connectivity index (χ0n) is 11.1. The van der Waals surface area contributed by atoms with Crippen LogP contribution in [0, 0.1) is 11.3 Å². The fourth-order valence-electron chi connectivity index (χ4n) is 2.03. The smallest absolute Gasteiger partial charge is 0.238 e. The fourth-order valence-corrected chi connectivity index (χ4v) is 2.20. The van der Waals surface area contributed by atoms with Crippen molar-refractivity contribution in [3.63, 3.8) is 0 Å². The third-order valence-electron chi connectivity index (χ3n) is 3.45. The Morgan fingerprint density at radius 2 is 2.38 bits per heavy atom. The van der Waals surface area contributed by atoms with Crippen LogP contribution >= 0.6 is 11.6 Å². The third-order valence-corrected chi connectivity index (χ3v) is 3.69. The molecule has 3 N–H and O–H groups in total. The highest BCUT2D eigenvalue weighted by Crippen LogP contribution is 2.34. The highest BCUT2D eigenvalue weighted by atomic mass is 35.5. The Morgan fingerprint density at radius 3 is 3.05 bits per heavy atom. The lowest BCUT2D eigenvalue weighted by molar-refractivity contribution is -0.123. The Bertz CT molecular complexity index is 745. The van der Waals surface area contributed by atoms with Crippen LogP contribution in [0.1, 0.15) is 18.7 Å². The molecule has 1 atom stereocenters. The van der Waals surface area contributed by atoms with Crippen molar-refractivity contribution in [3.8, 4) is 6.07 Å².